The van der Waals surface area contributed by atoms with E-state index in [1.54, 1.807) is 11.3 Å². The number of rotatable bonds is 5. The van der Waals surface area contributed by atoms with Crippen LogP contribution in [0.15, 0.2) is 0 Å². The van der Waals surface area contributed by atoms with Gasteiger partial charge < -0.3 is 10.2 Å². The summed E-state index contributed by atoms with van der Waals surface area (Å²) in [5.41, 5.74) is 0. The predicted octanol–water partition coefficient (Wildman–Crippen LogP) is 2.31. The Morgan fingerprint density at radius 2 is 2.06 bits per heavy atom. The van der Waals surface area contributed by atoms with Gasteiger partial charge in [-0.05, 0) is 44.7 Å². The van der Waals surface area contributed by atoms with Gasteiger partial charge in [-0.2, -0.15) is 0 Å². The second-order valence-corrected chi connectivity index (χ2v) is 6.75. The highest BCUT2D eigenvalue weighted by Crippen LogP contribution is 2.25. The minimum atomic E-state index is 0.745. The van der Waals surface area contributed by atoms with Gasteiger partial charge in [0, 0.05) is 13.1 Å². The van der Waals surface area contributed by atoms with Crippen LogP contribution in [0.1, 0.15) is 31.7 Å². The van der Waals surface area contributed by atoms with Crippen molar-refractivity contribution < 1.29 is 0 Å². The van der Waals surface area contributed by atoms with Crippen LogP contribution in [-0.4, -0.2) is 36.4 Å². The molecule has 1 aliphatic rings. The van der Waals surface area contributed by atoms with Gasteiger partial charge in [0.1, 0.15) is 5.01 Å². The topological polar surface area (TPSA) is 41.1 Å². The van der Waals surface area contributed by atoms with Crippen LogP contribution in [0, 0.1) is 18.8 Å². The summed E-state index contributed by atoms with van der Waals surface area (Å²) >= 11 is 1.71. The summed E-state index contributed by atoms with van der Waals surface area (Å²) in [4.78, 5) is 2.38. The van der Waals surface area contributed by atoms with Crippen molar-refractivity contribution >= 4 is 16.5 Å². The number of aromatic nitrogens is 2. The van der Waals surface area contributed by atoms with Gasteiger partial charge in [0.05, 0.1) is 0 Å². The first-order valence-electron chi connectivity index (χ1n) is 6.91. The van der Waals surface area contributed by atoms with Crippen molar-refractivity contribution in [3.05, 3.63) is 5.01 Å². The monoisotopic (exact) mass is 268 g/mol. The molecule has 0 aliphatic carbocycles. The molecule has 1 N–H and O–H groups in total. The molecule has 5 heteroatoms. The number of piperidine rings is 1. The summed E-state index contributed by atoms with van der Waals surface area (Å²) in [6.45, 7) is 11.1. The zero-order chi connectivity index (χ0) is 13.0. The van der Waals surface area contributed by atoms with Crippen LogP contribution in [0.3, 0.4) is 0 Å². The lowest BCUT2D eigenvalue weighted by Gasteiger charge is -2.31. The fraction of sp³-hybridized carbons (Fsp3) is 0.846. The molecule has 1 aliphatic heterocycles. The Hall–Kier alpha value is -0.680. The van der Waals surface area contributed by atoms with Gasteiger partial charge in [-0.3, -0.25) is 0 Å². The first kappa shape index (κ1) is 13.7. The Morgan fingerprint density at radius 3 is 2.61 bits per heavy atom. The first-order valence-corrected chi connectivity index (χ1v) is 7.72. The van der Waals surface area contributed by atoms with Gasteiger partial charge in [-0.25, -0.2) is 0 Å². The zero-order valence-electron chi connectivity index (χ0n) is 11.6. The Kier molecular flexibility index (Phi) is 4.95. The normalized spacial score (nSPS) is 17.7. The zero-order valence-corrected chi connectivity index (χ0v) is 12.5. The van der Waals surface area contributed by atoms with Crippen molar-refractivity contribution in [3.8, 4) is 0 Å². The molecule has 0 bridgehead atoms. The molecule has 1 fully saturated rings. The minimum absolute atomic E-state index is 0.745. The Balaban J connectivity index is 1.71. The average Bonchev–Trinajstić information content (AvgIpc) is 2.76. The average molecular weight is 268 g/mol. The summed E-state index contributed by atoms with van der Waals surface area (Å²) in [6.07, 6.45) is 2.54. The molecule has 0 atom stereocenters. The van der Waals surface area contributed by atoms with E-state index in [0.29, 0.717) is 0 Å². The summed E-state index contributed by atoms with van der Waals surface area (Å²) in [6, 6.07) is 0. The lowest BCUT2D eigenvalue weighted by atomic mass is 9.97. The number of anilines is 1. The fourth-order valence-electron chi connectivity index (χ4n) is 2.32. The molecule has 0 amide bonds. The third-order valence-corrected chi connectivity index (χ3v) is 4.29. The van der Waals surface area contributed by atoms with E-state index in [4.69, 9.17) is 0 Å². The van der Waals surface area contributed by atoms with Crippen LogP contribution >= 0.6 is 11.3 Å². The van der Waals surface area contributed by atoms with Crippen molar-refractivity contribution in [1.82, 2.24) is 15.5 Å². The number of nitrogens with zero attached hydrogens (tertiary/aromatic N) is 3. The molecular weight excluding hydrogens is 244 g/mol. The van der Waals surface area contributed by atoms with E-state index in [1.165, 1.54) is 19.4 Å². The van der Waals surface area contributed by atoms with Gasteiger partial charge >= 0.3 is 0 Å². The maximum Gasteiger partial charge on any atom is 0.208 e. The number of hydrogen-bond donors (Lipinski definition) is 1. The molecule has 0 aromatic carbocycles. The van der Waals surface area contributed by atoms with Crippen molar-refractivity contribution in [2.75, 3.05) is 31.1 Å². The summed E-state index contributed by atoms with van der Waals surface area (Å²) in [5, 5.41) is 14.1. The van der Waals surface area contributed by atoms with Gasteiger partial charge in [0.2, 0.25) is 5.13 Å². The number of aryl methyl sites for hydroxylation is 1. The van der Waals surface area contributed by atoms with Crippen LogP contribution in [-0.2, 0) is 0 Å². The second-order valence-electron chi connectivity index (χ2n) is 5.59. The van der Waals surface area contributed by atoms with E-state index < -0.39 is 0 Å². The van der Waals surface area contributed by atoms with Crippen LogP contribution in [0.2, 0.25) is 0 Å². The van der Waals surface area contributed by atoms with Gasteiger partial charge in [-0.15, -0.1) is 10.2 Å². The molecule has 2 rings (SSSR count). The van der Waals surface area contributed by atoms with Gasteiger partial charge in [-0.1, -0.05) is 25.2 Å². The molecule has 2 heterocycles. The minimum Gasteiger partial charge on any atom is -0.347 e. The van der Waals surface area contributed by atoms with Crippen molar-refractivity contribution in [3.63, 3.8) is 0 Å². The molecule has 18 heavy (non-hydrogen) atoms. The summed E-state index contributed by atoms with van der Waals surface area (Å²) < 4.78 is 0. The quantitative estimate of drug-likeness (QED) is 0.890. The third-order valence-electron chi connectivity index (χ3n) is 3.39. The Morgan fingerprint density at radius 1 is 1.33 bits per heavy atom. The second kappa shape index (κ2) is 6.48. The highest BCUT2D eigenvalue weighted by molar-refractivity contribution is 7.15. The SMILES string of the molecule is Cc1nnc(N2CCC(CNCC(C)C)CC2)s1. The van der Waals surface area contributed by atoms with Crippen molar-refractivity contribution in [2.24, 2.45) is 11.8 Å². The molecule has 0 unspecified atom stereocenters. The number of nitrogens with one attached hydrogen (secondary N) is 1. The van der Waals surface area contributed by atoms with Crippen LogP contribution in [0.4, 0.5) is 5.13 Å². The standard InChI is InChI=1S/C13H24N4S/c1-10(2)8-14-9-12-4-6-17(7-5-12)13-16-15-11(3)18-13/h10,12,14H,4-9H2,1-3H3. The highest BCUT2D eigenvalue weighted by atomic mass is 32.1. The first-order chi connectivity index (χ1) is 8.65. The molecular formula is C13H24N4S. The van der Waals surface area contributed by atoms with E-state index in [0.717, 1.165) is 41.6 Å². The summed E-state index contributed by atoms with van der Waals surface area (Å²) in [5.74, 6) is 1.57. The van der Waals surface area contributed by atoms with Crippen molar-refractivity contribution in [2.45, 2.75) is 33.6 Å². The van der Waals surface area contributed by atoms with Gasteiger partial charge in [0.15, 0.2) is 0 Å². The molecule has 0 radical (unpaired) electrons. The van der Waals surface area contributed by atoms with E-state index in [2.05, 4.69) is 34.3 Å². The van der Waals surface area contributed by atoms with Crippen LogP contribution < -0.4 is 10.2 Å². The van der Waals surface area contributed by atoms with E-state index in [9.17, 15) is 0 Å². The molecule has 1 aromatic heterocycles. The molecule has 4 nitrogen and oxygen atoms in total. The smallest absolute Gasteiger partial charge is 0.208 e. The lowest BCUT2D eigenvalue weighted by molar-refractivity contribution is 0.373. The highest BCUT2D eigenvalue weighted by Gasteiger charge is 2.21. The largest absolute Gasteiger partial charge is 0.347 e. The molecule has 1 aromatic rings. The molecule has 1 saturated heterocycles. The third kappa shape index (κ3) is 3.92. The van der Waals surface area contributed by atoms with Gasteiger partial charge in [0.25, 0.3) is 0 Å². The molecule has 102 valence electrons. The Labute approximate surface area is 114 Å². The van der Waals surface area contributed by atoms with E-state index >= 15 is 0 Å². The van der Waals surface area contributed by atoms with Crippen molar-refractivity contribution in [1.29, 1.82) is 0 Å². The van der Waals surface area contributed by atoms with E-state index in [-0.39, 0.29) is 0 Å². The predicted molar refractivity (Wildman–Crippen MR) is 77.3 cm³/mol. The van der Waals surface area contributed by atoms with Crippen LogP contribution in [0.5, 0.6) is 0 Å². The molecule has 0 spiro atoms. The Bertz CT molecular complexity index is 356. The van der Waals surface area contributed by atoms with Crippen LogP contribution in [0.25, 0.3) is 0 Å². The maximum atomic E-state index is 4.23. The summed E-state index contributed by atoms with van der Waals surface area (Å²) in [7, 11) is 0. The molecule has 0 saturated carbocycles. The number of hydrogen-bond acceptors (Lipinski definition) is 5. The lowest BCUT2D eigenvalue weighted by Crippen LogP contribution is -2.37. The fourth-order valence-corrected chi connectivity index (χ4v) is 3.06. The maximum absolute atomic E-state index is 4.23. The van der Waals surface area contributed by atoms with E-state index in [1.807, 2.05) is 6.92 Å².